The number of rotatable bonds is 6. The fourth-order valence-electron chi connectivity index (χ4n) is 2.59. The first-order valence-electron chi connectivity index (χ1n) is 8.39. The van der Waals surface area contributed by atoms with Gasteiger partial charge < -0.3 is 9.84 Å². The van der Waals surface area contributed by atoms with Crippen LogP contribution in [-0.2, 0) is 16.1 Å². The molecule has 0 spiro atoms. The van der Waals surface area contributed by atoms with Crippen LogP contribution in [0.2, 0.25) is 0 Å². The summed E-state index contributed by atoms with van der Waals surface area (Å²) in [5, 5.41) is 8.58. The molecule has 152 valence electrons. The summed E-state index contributed by atoms with van der Waals surface area (Å²) in [5.41, 5.74) is -2.63. The zero-order valence-corrected chi connectivity index (χ0v) is 16.4. The number of nitrogens with zero attached hydrogens (tertiary/aromatic N) is 2. The van der Waals surface area contributed by atoms with Crippen molar-refractivity contribution < 1.29 is 28.2 Å². The average molecular weight is 441 g/mol. The van der Waals surface area contributed by atoms with Crippen LogP contribution >= 0.6 is 23.4 Å². The molecule has 0 saturated carbocycles. The number of carboxylic acids is 1. The lowest BCUT2D eigenvalue weighted by Gasteiger charge is -2.30. The molecule has 6 nitrogen and oxygen atoms in total. The highest BCUT2D eigenvalue weighted by Crippen LogP contribution is 2.31. The third-order valence-electron chi connectivity index (χ3n) is 3.89. The standard InChI is InChI=1S/C19H15ClF2N2O4S/c20-19(21,22)28-14-8-6-13(7-9-14)23-18-24(11-12-4-2-1-3-5-12)16(25)10-15(29-18)17(26)27/h1-9,15H,10-11H2,(H,26,27)/t15-/m1/s1. The van der Waals surface area contributed by atoms with E-state index < -0.39 is 16.8 Å². The quantitative estimate of drug-likeness (QED) is 0.671. The number of amides is 1. The number of ether oxygens (including phenoxy) is 1. The van der Waals surface area contributed by atoms with Crippen molar-refractivity contribution in [3.05, 3.63) is 60.2 Å². The number of hydrogen-bond acceptors (Lipinski definition) is 5. The molecule has 1 aliphatic rings. The van der Waals surface area contributed by atoms with Gasteiger partial charge in [-0.1, -0.05) is 42.1 Å². The van der Waals surface area contributed by atoms with E-state index in [1.54, 1.807) is 0 Å². The zero-order chi connectivity index (χ0) is 21.0. The van der Waals surface area contributed by atoms with Gasteiger partial charge in [0.2, 0.25) is 5.91 Å². The number of thioether (sulfide) groups is 1. The third-order valence-corrected chi connectivity index (χ3v) is 5.15. The molecule has 0 aromatic heterocycles. The molecule has 1 aliphatic heterocycles. The molecule has 0 unspecified atom stereocenters. The number of carboxylic acid groups (broad SMARTS) is 1. The minimum atomic E-state index is -3.83. The Kier molecular flexibility index (Phi) is 6.39. The van der Waals surface area contributed by atoms with Gasteiger partial charge in [-0.3, -0.25) is 14.5 Å². The minimum Gasteiger partial charge on any atom is -0.480 e. The van der Waals surface area contributed by atoms with Gasteiger partial charge in [-0.05, 0) is 29.8 Å². The molecule has 0 bridgehead atoms. The highest BCUT2D eigenvalue weighted by molar-refractivity contribution is 8.15. The van der Waals surface area contributed by atoms with E-state index in [9.17, 15) is 23.5 Å². The summed E-state index contributed by atoms with van der Waals surface area (Å²) in [6.45, 7) is 0.234. The molecule has 1 amide bonds. The Labute approximate surface area is 174 Å². The fourth-order valence-corrected chi connectivity index (χ4v) is 3.71. The molecule has 1 fully saturated rings. The Balaban J connectivity index is 1.87. The van der Waals surface area contributed by atoms with Crippen molar-refractivity contribution >= 4 is 46.1 Å². The first-order valence-corrected chi connectivity index (χ1v) is 9.65. The molecule has 1 N–H and O–H groups in total. The molecule has 29 heavy (non-hydrogen) atoms. The van der Waals surface area contributed by atoms with E-state index in [1.807, 2.05) is 30.3 Å². The van der Waals surface area contributed by atoms with E-state index in [1.165, 1.54) is 29.2 Å². The number of aliphatic carboxylic acids is 1. The maximum atomic E-state index is 12.7. The van der Waals surface area contributed by atoms with Gasteiger partial charge in [-0.25, -0.2) is 4.99 Å². The molecule has 2 aromatic carbocycles. The van der Waals surface area contributed by atoms with Crippen LogP contribution in [0, 0.1) is 0 Å². The van der Waals surface area contributed by atoms with Crippen LogP contribution in [0.3, 0.4) is 0 Å². The average Bonchev–Trinajstić information content (AvgIpc) is 2.65. The van der Waals surface area contributed by atoms with Crippen molar-refractivity contribution in [1.29, 1.82) is 0 Å². The highest BCUT2D eigenvalue weighted by atomic mass is 35.5. The number of alkyl halides is 3. The summed E-state index contributed by atoms with van der Waals surface area (Å²) >= 11 is 5.70. The third kappa shape index (κ3) is 5.91. The summed E-state index contributed by atoms with van der Waals surface area (Å²) in [5.74, 6) is -1.63. The number of carbonyl (C=O) groups excluding carboxylic acids is 1. The molecule has 1 atom stereocenters. The summed E-state index contributed by atoms with van der Waals surface area (Å²) in [6.07, 6.45) is -0.149. The molecular weight excluding hydrogens is 426 g/mol. The minimum absolute atomic E-state index is 0.149. The van der Waals surface area contributed by atoms with Crippen molar-refractivity contribution in [2.75, 3.05) is 0 Å². The van der Waals surface area contributed by atoms with E-state index in [4.69, 9.17) is 11.6 Å². The molecule has 10 heteroatoms. The van der Waals surface area contributed by atoms with Crippen molar-refractivity contribution in [3.8, 4) is 5.75 Å². The number of hydrogen-bond donors (Lipinski definition) is 1. The van der Waals surface area contributed by atoms with Gasteiger partial charge in [0.15, 0.2) is 5.17 Å². The summed E-state index contributed by atoms with van der Waals surface area (Å²) in [7, 11) is 0. The highest BCUT2D eigenvalue weighted by Gasteiger charge is 2.36. The second-order valence-corrected chi connectivity index (χ2v) is 7.66. The van der Waals surface area contributed by atoms with Crippen molar-refractivity contribution in [1.82, 2.24) is 4.90 Å². The normalized spacial score (nSPS) is 18.7. The topological polar surface area (TPSA) is 79.2 Å². The van der Waals surface area contributed by atoms with Gasteiger partial charge in [0.1, 0.15) is 11.0 Å². The number of aliphatic imine (C=N–C) groups is 1. The van der Waals surface area contributed by atoms with E-state index in [2.05, 4.69) is 9.73 Å². The molecular formula is C19H15ClF2N2O4S. The summed E-state index contributed by atoms with van der Waals surface area (Å²) in [4.78, 5) is 29.7. The van der Waals surface area contributed by atoms with E-state index in [-0.39, 0.29) is 29.8 Å². The van der Waals surface area contributed by atoms with Crippen LogP contribution in [0.25, 0.3) is 0 Å². The summed E-state index contributed by atoms with van der Waals surface area (Å²) < 4.78 is 29.7. The lowest BCUT2D eigenvalue weighted by atomic mass is 10.2. The Morgan fingerprint density at radius 3 is 2.48 bits per heavy atom. The smallest absolute Gasteiger partial charge is 0.480 e. The zero-order valence-electron chi connectivity index (χ0n) is 14.8. The van der Waals surface area contributed by atoms with Gasteiger partial charge >= 0.3 is 11.5 Å². The van der Waals surface area contributed by atoms with Crippen LogP contribution in [-0.4, -0.2) is 37.9 Å². The van der Waals surface area contributed by atoms with Crippen LogP contribution < -0.4 is 4.74 Å². The number of benzene rings is 2. The van der Waals surface area contributed by atoms with E-state index in [0.717, 1.165) is 17.3 Å². The predicted octanol–water partition coefficient (Wildman–Crippen LogP) is 4.46. The van der Waals surface area contributed by atoms with Crippen molar-refractivity contribution in [2.24, 2.45) is 4.99 Å². The fraction of sp³-hybridized carbons (Fsp3) is 0.211. The monoisotopic (exact) mass is 440 g/mol. The molecule has 1 heterocycles. The number of amidine groups is 1. The van der Waals surface area contributed by atoms with Gasteiger partial charge in [0.05, 0.1) is 18.7 Å². The Morgan fingerprint density at radius 1 is 1.24 bits per heavy atom. The second-order valence-electron chi connectivity index (χ2n) is 6.05. The lowest BCUT2D eigenvalue weighted by molar-refractivity contribution is -0.139. The van der Waals surface area contributed by atoms with Crippen LogP contribution in [0.5, 0.6) is 5.75 Å². The molecule has 3 rings (SSSR count). The Morgan fingerprint density at radius 2 is 1.90 bits per heavy atom. The van der Waals surface area contributed by atoms with Crippen molar-refractivity contribution in [3.63, 3.8) is 0 Å². The largest absolute Gasteiger partial charge is 0.487 e. The predicted molar refractivity (Wildman–Crippen MR) is 106 cm³/mol. The maximum Gasteiger partial charge on any atom is 0.487 e. The van der Waals surface area contributed by atoms with Gasteiger partial charge in [0, 0.05) is 11.6 Å². The molecule has 2 aromatic rings. The van der Waals surface area contributed by atoms with E-state index >= 15 is 0 Å². The second kappa shape index (κ2) is 8.79. The Bertz CT molecular complexity index is 920. The molecule has 1 saturated heterocycles. The van der Waals surface area contributed by atoms with Crippen LogP contribution in [0.4, 0.5) is 14.5 Å². The Hall–Kier alpha value is -2.65. The van der Waals surface area contributed by atoms with Gasteiger partial charge in [-0.15, -0.1) is 8.78 Å². The summed E-state index contributed by atoms with van der Waals surface area (Å²) in [6, 6.07) is 14.5. The van der Waals surface area contributed by atoms with Gasteiger partial charge in [-0.2, -0.15) is 0 Å². The lowest BCUT2D eigenvalue weighted by Crippen LogP contribution is -2.43. The molecule has 0 aliphatic carbocycles. The first kappa shape index (κ1) is 21.1. The SMILES string of the molecule is O=C(O)[C@H]1CC(=O)N(Cc2ccccc2)C(=Nc2ccc(OC(F)(F)Cl)cc2)S1. The maximum absolute atomic E-state index is 12.7. The van der Waals surface area contributed by atoms with Crippen molar-refractivity contribution in [2.45, 2.75) is 23.8 Å². The van der Waals surface area contributed by atoms with Crippen LogP contribution in [0.15, 0.2) is 59.6 Å². The van der Waals surface area contributed by atoms with Gasteiger partial charge in [0.25, 0.3) is 0 Å². The van der Waals surface area contributed by atoms with Crippen LogP contribution in [0.1, 0.15) is 12.0 Å². The van der Waals surface area contributed by atoms with E-state index in [0.29, 0.717) is 5.69 Å². The molecule has 0 radical (unpaired) electrons. The first-order chi connectivity index (χ1) is 13.7. The number of halogens is 3. The number of carbonyl (C=O) groups is 2.